The molecule has 1 saturated heterocycles. The van der Waals surface area contributed by atoms with E-state index in [-0.39, 0.29) is 5.75 Å². The predicted octanol–water partition coefficient (Wildman–Crippen LogP) is 5.06. The van der Waals surface area contributed by atoms with Crippen LogP contribution >= 0.6 is 12.1 Å². The number of hydrogen-bond acceptors (Lipinski definition) is 7. The third-order valence-corrected chi connectivity index (χ3v) is 8.50. The highest BCUT2D eigenvalue weighted by atomic mass is 32.2. The van der Waals surface area contributed by atoms with Gasteiger partial charge in [0.1, 0.15) is 5.69 Å². The highest BCUT2D eigenvalue weighted by Crippen LogP contribution is 2.35. The van der Waals surface area contributed by atoms with Crippen molar-refractivity contribution >= 4 is 23.0 Å². The van der Waals surface area contributed by atoms with Crippen molar-refractivity contribution in [2.45, 2.75) is 45.2 Å². The first-order chi connectivity index (χ1) is 18.0. The molecule has 2 aromatic carbocycles. The molecule has 10 heteroatoms. The van der Waals surface area contributed by atoms with Gasteiger partial charge in [-0.05, 0) is 67.3 Å². The Morgan fingerprint density at radius 2 is 2.08 bits per heavy atom. The van der Waals surface area contributed by atoms with Gasteiger partial charge in [-0.2, -0.15) is 5.10 Å². The maximum atomic E-state index is 14.1. The molecule has 0 bridgehead atoms. The van der Waals surface area contributed by atoms with Crippen LogP contribution < -0.4 is 0 Å². The Balaban J connectivity index is 1.23. The zero-order valence-electron chi connectivity index (χ0n) is 21.1. The fourth-order valence-corrected chi connectivity index (χ4v) is 6.34. The molecule has 0 atom stereocenters. The lowest BCUT2D eigenvalue weighted by Gasteiger charge is -2.34. The Kier molecular flexibility index (Phi) is 6.66. The van der Waals surface area contributed by atoms with Gasteiger partial charge in [0.2, 0.25) is 0 Å². The normalized spacial score (nSPS) is 17.1. The van der Waals surface area contributed by atoms with Gasteiger partial charge in [0.15, 0.2) is 17.4 Å². The van der Waals surface area contributed by atoms with Crippen molar-refractivity contribution in [2.24, 2.45) is 0 Å². The molecule has 4 aromatic rings. The summed E-state index contributed by atoms with van der Waals surface area (Å²) >= 11 is 1.80. The maximum Gasteiger partial charge on any atom is 0.165 e. The Bertz CT molecular complexity index is 1430. The van der Waals surface area contributed by atoms with E-state index in [4.69, 9.17) is 9.72 Å². The van der Waals surface area contributed by atoms with Crippen molar-refractivity contribution in [1.29, 1.82) is 0 Å². The van der Waals surface area contributed by atoms with Crippen LogP contribution in [0, 0.1) is 5.82 Å². The second kappa shape index (κ2) is 10.1. The van der Waals surface area contributed by atoms with E-state index >= 15 is 0 Å². The van der Waals surface area contributed by atoms with Gasteiger partial charge >= 0.3 is 0 Å². The molecule has 2 aromatic heterocycles. The first-order valence-electron chi connectivity index (χ1n) is 12.8. The van der Waals surface area contributed by atoms with Crippen molar-refractivity contribution in [1.82, 2.24) is 28.8 Å². The quantitative estimate of drug-likeness (QED) is 0.305. The molecule has 0 spiro atoms. The Hall–Kier alpha value is -2.92. The SMILES string of the molecule is CCc1cc(O)c(F)cc1-c1ccc2c(-c3nc4c([nH]3)CCN(SN(C)C3CCOCC3)C4)n[nH]c2c1. The van der Waals surface area contributed by atoms with E-state index in [0.29, 0.717) is 12.5 Å². The van der Waals surface area contributed by atoms with Gasteiger partial charge in [-0.3, -0.25) is 5.10 Å². The molecular weight excluding hydrogens is 491 g/mol. The number of phenolic OH excluding ortho intramolecular Hbond substituents is 1. The minimum atomic E-state index is -0.620. The fourth-order valence-electron chi connectivity index (χ4n) is 5.28. The van der Waals surface area contributed by atoms with Gasteiger partial charge < -0.3 is 14.8 Å². The lowest BCUT2D eigenvalue weighted by Crippen LogP contribution is -2.36. The highest BCUT2D eigenvalue weighted by molar-refractivity contribution is 7.94. The van der Waals surface area contributed by atoms with Crippen molar-refractivity contribution in [2.75, 3.05) is 26.8 Å². The van der Waals surface area contributed by atoms with Crippen LogP contribution in [0.3, 0.4) is 0 Å². The molecule has 2 aliphatic rings. The number of hydrogen-bond donors (Lipinski definition) is 3. The number of rotatable bonds is 6. The number of ether oxygens (including phenoxy) is 1. The van der Waals surface area contributed by atoms with E-state index in [0.717, 1.165) is 90.4 Å². The average molecular weight is 523 g/mol. The van der Waals surface area contributed by atoms with Gasteiger partial charge in [0.25, 0.3) is 0 Å². The summed E-state index contributed by atoms with van der Waals surface area (Å²) in [6, 6.07) is 9.39. The number of phenols is 1. The smallest absolute Gasteiger partial charge is 0.165 e. The van der Waals surface area contributed by atoms with E-state index in [9.17, 15) is 9.50 Å². The van der Waals surface area contributed by atoms with Gasteiger partial charge in [0.05, 0.1) is 17.8 Å². The van der Waals surface area contributed by atoms with Crippen molar-refractivity contribution in [3.8, 4) is 28.4 Å². The van der Waals surface area contributed by atoms with E-state index in [2.05, 4.69) is 30.8 Å². The molecule has 2 aliphatic heterocycles. The number of nitrogens with zero attached hydrogens (tertiary/aromatic N) is 4. The monoisotopic (exact) mass is 522 g/mol. The van der Waals surface area contributed by atoms with Crippen LogP contribution in [0.2, 0.25) is 0 Å². The first kappa shape index (κ1) is 24.4. The Morgan fingerprint density at radius 1 is 1.24 bits per heavy atom. The second-order valence-corrected chi connectivity index (χ2v) is 11.0. The first-order valence-corrected chi connectivity index (χ1v) is 13.5. The molecule has 8 nitrogen and oxygen atoms in total. The number of H-pyrrole nitrogens is 2. The molecule has 37 heavy (non-hydrogen) atoms. The lowest BCUT2D eigenvalue weighted by molar-refractivity contribution is 0.0644. The zero-order chi connectivity index (χ0) is 25.5. The minimum Gasteiger partial charge on any atom is -0.505 e. The van der Waals surface area contributed by atoms with Crippen LogP contribution in [-0.2, 0) is 24.1 Å². The fraction of sp³-hybridized carbons (Fsp3) is 0.407. The largest absolute Gasteiger partial charge is 0.505 e. The topological polar surface area (TPSA) is 93.3 Å². The second-order valence-electron chi connectivity index (χ2n) is 9.74. The number of aryl methyl sites for hydroxylation is 1. The van der Waals surface area contributed by atoms with Gasteiger partial charge in [0, 0.05) is 55.4 Å². The number of halogens is 1. The zero-order valence-corrected chi connectivity index (χ0v) is 21.9. The molecule has 0 amide bonds. The van der Waals surface area contributed by atoms with Crippen LogP contribution in [0.15, 0.2) is 30.3 Å². The predicted molar refractivity (Wildman–Crippen MR) is 143 cm³/mol. The summed E-state index contributed by atoms with van der Waals surface area (Å²) in [5.41, 5.74) is 6.40. The summed E-state index contributed by atoms with van der Waals surface area (Å²) in [6.07, 6.45) is 3.75. The number of aromatic amines is 2. The number of aromatic nitrogens is 4. The number of fused-ring (bicyclic) bond motifs is 2. The van der Waals surface area contributed by atoms with Crippen molar-refractivity contribution in [3.05, 3.63) is 53.1 Å². The molecule has 1 fully saturated rings. The van der Waals surface area contributed by atoms with Gasteiger partial charge in [-0.15, -0.1) is 0 Å². The van der Waals surface area contributed by atoms with E-state index in [1.54, 1.807) is 12.1 Å². The van der Waals surface area contributed by atoms with Gasteiger partial charge in [-0.25, -0.2) is 18.0 Å². The average Bonchev–Trinajstić information content (AvgIpc) is 3.53. The van der Waals surface area contributed by atoms with Crippen LogP contribution in [-0.4, -0.2) is 66.7 Å². The number of nitrogens with one attached hydrogen (secondary N) is 2. The molecule has 0 aliphatic carbocycles. The van der Waals surface area contributed by atoms with Crippen molar-refractivity contribution in [3.63, 3.8) is 0 Å². The molecule has 194 valence electrons. The maximum absolute atomic E-state index is 14.1. The number of benzene rings is 2. The molecular formula is C27H31FN6O2S. The van der Waals surface area contributed by atoms with Crippen LogP contribution in [0.5, 0.6) is 5.75 Å². The lowest BCUT2D eigenvalue weighted by atomic mass is 9.96. The van der Waals surface area contributed by atoms with Crippen LogP contribution in [0.25, 0.3) is 33.5 Å². The Morgan fingerprint density at radius 3 is 2.89 bits per heavy atom. The third-order valence-electron chi connectivity index (χ3n) is 7.40. The standard InChI is InChI=1S/C27H31FN6O2S/c1-3-16-13-25(35)21(28)14-20(16)17-4-5-19-23(12-17)31-32-26(19)27-29-22-6-9-34(15-24(22)30-27)37-33(2)18-7-10-36-11-8-18/h4-5,12-14,18,35H,3,6-11,15H2,1-2H3,(H,29,30)(H,31,32). The van der Waals surface area contributed by atoms with E-state index in [1.807, 2.05) is 25.1 Å². The summed E-state index contributed by atoms with van der Waals surface area (Å²) in [4.78, 5) is 8.44. The highest BCUT2D eigenvalue weighted by Gasteiger charge is 2.26. The van der Waals surface area contributed by atoms with Crippen LogP contribution in [0.1, 0.15) is 36.7 Å². The van der Waals surface area contributed by atoms with Gasteiger partial charge in [-0.1, -0.05) is 13.0 Å². The molecule has 3 N–H and O–H groups in total. The summed E-state index contributed by atoms with van der Waals surface area (Å²) in [6.45, 7) is 5.41. The Labute approximate surface area is 219 Å². The molecule has 0 saturated carbocycles. The molecule has 6 rings (SSSR count). The summed E-state index contributed by atoms with van der Waals surface area (Å²) in [7, 11) is 2.17. The van der Waals surface area contributed by atoms with E-state index in [1.165, 1.54) is 17.8 Å². The summed E-state index contributed by atoms with van der Waals surface area (Å²) < 4.78 is 24.4. The number of imidazole rings is 1. The third kappa shape index (κ3) is 4.74. The van der Waals surface area contributed by atoms with E-state index < -0.39 is 5.82 Å². The minimum absolute atomic E-state index is 0.320. The molecule has 4 heterocycles. The summed E-state index contributed by atoms with van der Waals surface area (Å²) in [5.74, 6) is -0.178. The molecule has 0 unspecified atom stereocenters. The van der Waals surface area contributed by atoms with Crippen molar-refractivity contribution < 1.29 is 14.2 Å². The summed E-state index contributed by atoms with van der Waals surface area (Å²) in [5, 5.41) is 18.4. The molecule has 0 radical (unpaired) electrons. The van der Waals surface area contributed by atoms with Crippen LogP contribution in [0.4, 0.5) is 4.39 Å². The number of aromatic hydroxyl groups is 1.